The number of methoxy groups -OCH3 is 1. The van der Waals surface area contributed by atoms with Crippen molar-refractivity contribution in [2.24, 2.45) is 0 Å². The second kappa shape index (κ2) is 4.92. The molecule has 3 nitrogen and oxygen atoms in total. The molecule has 0 radical (unpaired) electrons. The monoisotopic (exact) mass is 260 g/mol. The number of esters is 1. The second-order valence-electron chi connectivity index (χ2n) is 4.44. The van der Waals surface area contributed by atoms with Gasteiger partial charge in [0.15, 0.2) is 5.82 Å². The van der Waals surface area contributed by atoms with Crippen molar-refractivity contribution in [2.45, 2.75) is 26.4 Å². The molecule has 5 heteroatoms. The van der Waals surface area contributed by atoms with Gasteiger partial charge in [-0.1, -0.05) is 11.6 Å². The minimum absolute atomic E-state index is 0.0983. The molecule has 0 aromatic heterocycles. The first-order valence-electron chi connectivity index (χ1n) is 5.01. The Morgan fingerprint density at radius 1 is 1.35 bits per heavy atom. The first-order chi connectivity index (χ1) is 7.76. The molecule has 0 fully saturated rings. The second-order valence-corrected chi connectivity index (χ2v) is 4.85. The maximum Gasteiger partial charge on any atom is 0.345 e. The molecule has 0 aliphatic heterocycles. The summed E-state index contributed by atoms with van der Waals surface area (Å²) in [6, 6.07) is 2.74. The van der Waals surface area contributed by atoms with Crippen LogP contribution in [0.5, 0.6) is 5.75 Å². The molecule has 94 valence electrons. The number of hydrogen-bond donors (Lipinski definition) is 0. The molecule has 0 N–H and O–H groups in total. The summed E-state index contributed by atoms with van der Waals surface area (Å²) < 4.78 is 23.8. The van der Waals surface area contributed by atoms with Crippen molar-refractivity contribution in [3.8, 4) is 5.75 Å². The number of ether oxygens (including phenoxy) is 2. The van der Waals surface area contributed by atoms with Crippen LogP contribution in [0.4, 0.5) is 4.39 Å². The van der Waals surface area contributed by atoms with Gasteiger partial charge in [0, 0.05) is 0 Å². The van der Waals surface area contributed by atoms with Crippen molar-refractivity contribution in [1.82, 2.24) is 0 Å². The van der Waals surface area contributed by atoms with Crippen molar-refractivity contribution in [3.63, 3.8) is 0 Å². The third-order valence-electron chi connectivity index (χ3n) is 1.88. The minimum atomic E-state index is -0.833. The predicted octanol–water partition coefficient (Wildman–Crippen LogP) is 3.44. The summed E-state index contributed by atoms with van der Waals surface area (Å²) in [5.74, 6) is -1.53. The van der Waals surface area contributed by atoms with E-state index in [0.29, 0.717) is 0 Å². The van der Waals surface area contributed by atoms with Crippen LogP contribution in [0, 0.1) is 5.82 Å². The summed E-state index contributed by atoms with van der Waals surface area (Å²) in [7, 11) is 1.34. The lowest BCUT2D eigenvalue weighted by atomic mass is 10.1. The Kier molecular flexibility index (Phi) is 3.98. The molecule has 0 aliphatic carbocycles. The molecule has 0 saturated carbocycles. The van der Waals surface area contributed by atoms with Crippen LogP contribution in [0.3, 0.4) is 0 Å². The lowest BCUT2D eigenvalue weighted by molar-refractivity contribution is 0.00615. The van der Waals surface area contributed by atoms with Gasteiger partial charge in [-0.3, -0.25) is 0 Å². The zero-order valence-corrected chi connectivity index (χ0v) is 10.9. The standard InChI is InChI=1S/C12H14ClFO3/c1-12(2,3)17-11(15)9-8(16-4)6-5-7(13)10(9)14/h5-6H,1-4H3. The zero-order chi connectivity index (χ0) is 13.2. The fraction of sp³-hybridized carbons (Fsp3) is 0.417. The molecule has 1 aromatic carbocycles. The molecule has 17 heavy (non-hydrogen) atoms. The summed E-state index contributed by atoms with van der Waals surface area (Å²) >= 11 is 5.62. The molecule has 1 aromatic rings. The van der Waals surface area contributed by atoms with E-state index in [0.717, 1.165) is 0 Å². The van der Waals surface area contributed by atoms with Gasteiger partial charge in [0.1, 0.15) is 16.9 Å². The normalized spacial score (nSPS) is 11.2. The molecule has 0 heterocycles. The van der Waals surface area contributed by atoms with Crippen LogP contribution in [0.15, 0.2) is 12.1 Å². The summed E-state index contributed by atoms with van der Waals surface area (Å²) in [5, 5.41) is -0.147. The van der Waals surface area contributed by atoms with Gasteiger partial charge in [0.05, 0.1) is 12.1 Å². The van der Waals surface area contributed by atoms with Crippen LogP contribution >= 0.6 is 11.6 Å². The Hall–Kier alpha value is -1.29. The highest BCUT2D eigenvalue weighted by molar-refractivity contribution is 6.31. The molecule has 0 atom stereocenters. The summed E-state index contributed by atoms with van der Waals surface area (Å²) in [4.78, 5) is 11.8. The number of carbonyl (C=O) groups excluding carboxylic acids is 1. The number of rotatable bonds is 2. The Morgan fingerprint density at radius 2 is 1.94 bits per heavy atom. The molecule has 0 bridgehead atoms. The van der Waals surface area contributed by atoms with Crippen LogP contribution < -0.4 is 4.74 Å². The average Bonchev–Trinajstić information content (AvgIpc) is 2.19. The van der Waals surface area contributed by atoms with E-state index in [1.807, 2.05) is 0 Å². The highest BCUT2D eigenvalue weighted by Gasteiger charge is 2.25. The third kappa shape index (κ3) is 3.33. The zero-order valence-electron chi connectivity index (χ0n) is 10.1. The van der Waals surface area contributed by atoms with Gasteiger partial charge in [-0.15, -0.1) is 0 Å². The average molecular weight is 261 g/mol. The maximum atomic E-state index is 13.8. The molecule has 0 unspecified atom stereocenters. The number of halogens is 2. The van der Waals surface area contributed by atoms with Crippen molar-refractivity contribution < 1.29 is 18.7 Å². The lowest BCUT2D eigenvalue weighted by Crippen LogP contribution is -2.25. The van der Waals surface area contributed by atoms with Gasteiger partial charge >= 0.3 is 5.97 Å². The fourth-order valence-electron chi connectivity index (χ4n) is 1.22. The highest BCUT2D eigenvalue weighted by Crippen LogP contribution is 2.29. The topological polar surface area (TPSA) is 35.5 Å². The van der Waals surface area contributed by atoms with Gasteiger partial charge in [-0.2, -0.15) is 0 Å². The van der Waals surface area contributed by atoms with Gasteiger partial charge in [0.25, 0.3) is 0 Å². The summed E-state index contributed by atoms with van der Waals surface area (Å²) in [6.45, 7) is 5.08. The lowest BCUT2D eigenvalue weighted by Gasteiger charge is -2.20. The highest BCUT2D eigenvalue weighted by atomic mass is 35.5. The SMILES string of the molecule is COc1ccc(Cl)c(F)c1C(=O)OC(C)(C)C. The Labute approximate surface area is 104 Å². The van der Waals surface area contributed by atoms with Crippen molar-refractivity contribution in [3.05, 3.63) is 28.5 Å². The van der Waals surface area contributed by atoms with E-state index < -0.39 is 17.4 Å². The number of benzene rings is 1. The van der Waals surface area contributed by atoms with Crippen LogP contribution in [-0.2, 0) is 4.74 Å². The van der Waals surface area contributed by atoms with E-state index in [2.05, 4.69) is 0 Å². The van der Waals surface area contributed by atoms with Gasteiger partial charge in [0.2, 0.25) is 0 Å². The molecular weight excluding hydrogens is 247 g/mol. The summed E-state index contributed by atoms with van der Waals surface area (Å²) in [5.41, 5.74) is -0.994. The predicted molar refractivity (Wildman–Crippen MR) is 63.1 cm³/mol. The fourth-order valence-corrected chi connectivity index (χ4v) is 1.38. The first kappa shape index (κ1) is 13.8. The van der Waals surface area contributed by atoms with Crippen LogP contribution in [-0.4, -0.2) is 18.7 Å². The van der Waals surface area contributed by atoms with Gasteiger partial charge in [-0.05, 0) is 32.9 Å². The molecule has 0 spiro atoms. The maximum absolute atomic E-state index is 13.8. The quantitative estimate of drug-likeness (QED) is 0.764. The van der Waals surface area contributed by atoms with E-state index >= 15 is 0 Å². The molecule has 0 amide bonds. The first-order valence-corrected chi connectivity index (χ1v) is 5.39. The molecule has 0 saturated heterocycles. The van der Waals surface area contributed by atoms with E-state index in [1.165, 1.54) is 19.2 Å². The van der Waals surface area contributed by atoms with Crippen molar-refractivity contribution in [1.29, 1.82) is 0 Å². The van der Waals surface area contributed by atoms with Gasteiger partial charge < -0.3 is 9.47 Å². The van der Waals surface area contributed by atoms with Gasteiger partial charge in [-0.25, -0.2) is 9.18 Å². The third-order valence-corrected chi connectivity index (χ3v) is 2.17. The van der Waals surface area contributed by atoms with Crippen LogP contribution in [0.25, 0.3) is 0 Å². The Bertz CT molecular complexity index is 438. The van der Waals surface area contributed by atoms with Crippen LogP contribution in [0.2, 0.25) is 5.02 Å². The molecule has 0 aliphatic rings. The van der Waals surface area contributed by atoms with E-state index in [-0.39, 0.29) is 16.3 Å². The number of carbonyl (C=O) groups is 1. The Balaban J connectivity index is 3.20. The van der Waals surface area contributed by atoms with E-state index in [9.17, 15) is 9.18 Å². The molecule has 1 rings (SSSR count). The molecular formula is C12H14ClFO3. The summed E-state index contributed by atoms with van der Waals surface area (Å²) in [6.07, 6.45) is 0. The van der Waals surface area contributed by atoms with E-state index in [4.69, 9.17) is 21.1 Å². The Morgan fingerprint density at radius 3 is 2.41 bits per heavy atom. The van der Waals surface area contributed by atoms with Crippen molar-refractivity contribution in [2.75, 3.05) is 7.11 Å². The van der Waals surface area contributed by atoms with Crippen molar-refractivity contribution >= 4 is 17.6 Å². The largest absolute Gasteiger partial charge is 0.496 e. The minimum Gasteiger partial charge on any atom is -0.496 e. The number of hydrogen-bond acceptors (Lipinski definition) is 3. The smallest absolute Gasteiger partial charge is 0.345 e. The van der Waals surface area contributed by atoms with E-state index in [1.54, 1.807) is 20.8 Å². The van der Waals surface area contributed by atoms with Crippen LogP contribution in [0.1, 0.15) is 31.1 Å².